The number of methoxy groups -OCH3 is 1. The molecule has 0 radical (unpaired) electrons. The molecule has 6 heteroatoms. The summed E-state index contributed by atoms with van der Waals surface area (Å²) in [5, 5.41) is 8.76. The smallest absolute Gasteiger partial charge is 0.243 e. The lowest BCUT2D eigenvalue weighted by molar-refractivity contribution is 0.414. The fraction of sp³-hybridized carbons (Fsp3) is 0.188. The number of rotatable bonds is 5. The minimum Gasteiger partial charge on any atom is -0.497 e. The Morgan fingerprint density at radius 3 is 2.18 bits per heavy atom. The molecule has 0 heterocycles. The van der Waals surface area contributed by atoms with Gasteiger partial charge < -0.3 is 4.74 Å². The molecule has 0 aliphatic heterocycles. The van der Waals surface area contributed by atoms with Crippen molar-refractivity contribution in [1.29, 1.82) is 5.26 Å². The largest absolute Gasteiger partial charge is 0.497 e. The number of nitrogens with zero attached hydrogens (tertiary/aromatic N) is 2. The third-order valence-corrected chi connectivity index (χ3v) is 5.07. The summed E-state index contributed by atoms with van der Waals surface area (Å²) in [5.41, 5.74) is 1.36. The Morgan fingerprint density at radius 1 is 1.09 bits per heavy atom. The van der Waals surface area contributed by atoms with Crippen LogP contribution in [0.15, 0.2) is 53.4 Å². The molecule has 2 aromatic rings. The van der Waals surface area contributed by atoms with Gasteiger partial charge in [-0.25, -0.2) is 8.42 Å². The Kier molecular flexibility index (Phi) is 4.81. The van der Waals surface area contributed by atoms with Crippen LogP contribution in [0, 0.1) is 11.3 Å². The highest BCUT2D eigenvalue weighted by Crippen LogP contribution is 2.20. The standard InChI is InChI=1S/C16H16N2O3S/c1-18(12-14-5-3-13(11-17)4-6-14)22(19,20)16-9-7-15(21-2)8-10-16/h3-10H,12H2,1-2H3. The normalized spacial score (nSPS) is 11.2. The molecule has 0 bridgehead atoms. The van der Waals surface area contributed by atoms with E-state index in [0.29, 0.717) is 11.3 Å². The highest BCUT2D eigenvalue weighted by atomic mass is 32.2. The van der Waals surface area contributed by atoms with E-state index in [1.807, 2.05) is 6.07 Å². The van der Waals surface area contributed by atoms with Gasteiger partial charge >= 0.3 is 0 Å². The van der Waals surface area contributed by atoms with Crippen molar-refractivity contribution in [2.45, 2.75) is 11.4 Å². The number of ether oxygens (including phenoxy) is 1. The molecule has 0 aliphatic rings. The predicted octanol–water partition coefficient (Wildman–Crippen LogP) is 2.39. The zero-order chi connectivity index (χ0) is 16.2. The van der Waals surface area contributed by atoms with Crippen LogP contribution in [0.5, 0.6) is 5.75 Å². The van der Waals surface area contributed by atoms with E-state index in [4.69, 9.17) is 10.00 Å². The van der Waals surface area contributed by atoms with Gasteiger partial charge in [0, 0.05) is 13.6 Å². The Bertz CT molecular complexity index is 776. The molecular formula is C16H16N2O3S. The van der Waals surface area contributed by atoms with Crippen LogP contribution in [0.2, 0.25) is 0 Å². The molecule has 2 aromatic carbocycles. The maximum atomic E-state index is 12.5. The zero-order valence-electron chi connectivity index (χ0n) is 12.4. The van der Waals surface area contributed by atoms with Crippen LogP contribution in [0.25, 0.3) is 0 Å². The highest BCUT2D eigenvalue weighted by molar-refractivity contribution is 7.89. The summed E-state index contributed by atoms with van der Waals surface area (Å²) in [6, 6.07) is 15.1. The van der Waals surface area contributed by atoms with Crippen molar-refractivity contribution in [3.8, 4) is 11.8 Å². The molecule has 22 heavy (non-hydrogen) atoms. The fourth-order valence-corrected chi connectivity index (χ4v) is 3.11. The summed E-state index contributed by atoms with van der Waals surface area (Å²) < 4.78 is 31.3. The number of nitriles is 1. The topological polar surface area (TPSA) is 70.4 Å². The zero-order valence-corrected chi connectivity index (χ0v) is 13.2. The molecule has 0 fully saturated rings. The second-order valence-electron chi connectivity index (χ2n) is 4.75. The van der Waals surface area contributed by atoms with Crippen LogP contribution in [-0.2, 0) is 16.6 Å². The molecular weight excluding hydrogens is 300 g/mol. The van der Waals surface area contributed by atoms with E-state index in [1.54, 1.807) is 36.4 Å². The molecule has 0 aromatic heterocycles. The van der Waals surface area contributed by atoms with Crippen LogP contribution in [-0.4, -0.2) is 26.9 Å². The average Bonchev–Trinajstić information content (AvgIpc) is 2.55. The van der Waals surface area contributed by atoms with Crippen molar-refractivity contribution < 1.29 is 13.2 Å². The van der Waals surface area contributed by atoms with Gasteiger partial charge in [-0.15, -0.1) is 0 Å². The predicted molar refractivity (Wildman–Crippen MR) is 82.8 cm³/mol. The molecule has 0 N–H and O–H groups in total. The van der Waals surface area contributed by atoms with Crippen molar-refractivity contribution in [2.24, 2.45) is 0 Å². The summed E-state index contributed by atoms with van der Waals surface area (Å²) in [6.07, 6.45) is 0. The number of sulfonamides is 1. The van der Waals surface area contributed by atoms with E-state index in [2.05, 4.69) is 0 Å². The average molecular weight is 316 g/mol. The van der Waals surface area contributed by atoms with Crippen LogP contribution in [0.4, 0.5) is 0 Å². The van der Waals surface area contributed by atoms with E-state index in [1.165, 1.54) is 30.6 Å². The van der Waals surface area contributed by atoms with Crippen molar-refractivity contribution in [2.75, 3.05) is 14.2 Å². The molecule has 5 nitrogen and oxygen atoms in total. The molecule has 0 unspecified atom stereocenters. The first-order valence-electron chi connectivity index (χ1n) is 6.57. The Balaban J connectivity index is 2.18. The van der Waals surface area contributed by atoms with Crippen molar-refractivity contribution in [3.63, 3.8) is 0 Å². The van der Waals surface area contributed by atoms with Crippen LogP contribution in [0.1, 0.15) is 11.1 Å². The summed E-state index contributed by atoms with van der Waals surface area (Å²) in [7, 11) is -0.511. The second kappa shape index (κ2) is 6.60. The summed E-state index contributed by atoms with van der Waals surface area (Å²) in [6.45, 7) is 0.236. The minimum atomic E-state index is -3.57. The van der Waals surface area contributed by atoms with Crippen LogP contribution in [0.3, 0.4) is 0 Å². The van der Waals surface area contributed by atoms with Gasteiger partial charge in [-0.2, -0.15) is 9.57 Å². The molecule has 0 saturated carbocycles. The maximum absolute atomic E-state index is 12.5. The Hall–Kier alpha value is -2.36. The number of hydrogen-bond acceptors (Lipinski definition) is 4. The van der Waals surface area contributed by atoms with Gasteiger partial charge in [-0.05, 0) is 42.0 Å². The van der Waals surface area contributed by atoms with Gasteiger partial charge in [0.25, 0.3) is 0 Å². The Morgan fingerprint density at radius 2 is 1.68 bits per heavy atom. The molecule has 2 rings (SSSR count). The van der Waals surface area contributed by atoms with Crippen LogP contribution < -0.4 is 4.74 Å². The van der Waals surface area contributed by atoms with Gasteiger partial charge in [-0.3, -0.25) is 0 Å². The lowest BCUT2D eigenvalue weighted by Gasteiger charge is -2.17. The van der Waals surface area contributed by atoms with E-state index >= 15 is 0 Å². The van der Waals surface area contributed by atoms with Crippen LogP contribution >= 0.6 is 0 Å². The third kappa shape index (κ3) is 3.45. The molecule has 0 spiro atoms. The molecule has 0 amide bonds. The van der Waals surface area contributed by atoms with Crippen molar-refractivity contribution >= 4 is 10.0 Å². The van der Waals surface area contributed by atoms with E-state index in [9.17, 15) is 8.42 Å². The second-order valence-corrected chi connectivity index (χ2v) is 6.79. The minimum absolute atomic E-state index is 0.212. The van der Waals surface area contributed by atoms with Gasteiger partial charge in [0.2, 0.25) is 10.0 Å². The summed E-state index contributed by atoms with van der Waals surface area (Å²) >= 11 is 0. The maximum Gasteiger partial charge on any atom is 0.243 e. The van der Waals surface area contributed by atoms with Gasteiger partial charge in [-0.1, -0.05) is 12.1 Å². The van der Waals surface area contributed by atoms with E-state index < -0.39 is 10.0 Å². The Labute approximate surface area is 130 Å². The third-order valence-electron chi connectivity index (χ3n) is 3.26. The van der Waals surface area contributed by atoms with Gasteiger partial charge in [0.1, 0.15) is 5.75 Å². The first-order chi connectivity index (χ1) is 10.5. The van der Waals surface area contributed by atoms with Gasteiger partial charge in [0.05, 0.1) is 23.6 Å². The molecule has 0 aliphatic carbocycles. The lowest BCUT2D eigenvalue weighted by atomic mass is 10.1. The molecule has 0 saturated heterocycles. The lowest BCUT2D eigenvalue weighted by Crippen LogP contribution is -2.26. The van der Waals surface area contributed by atoms with E-state index in [-0.39, 0.29) is 11.4 Å². The SMILES string of the molecule is COc1ccc(S(=O)(=O)N(C)Cc2ccc(C#N)cc2)cc1. The monoisotopic (exact) mass is 316 g/mol. The summed E-state index contributed by atoms with van der Waals surface area (Å²) in [5.74, 6) is 0.605. The molecule has 114 valence electrons. The fourth-order valence-electron chi connectivity index (χ4n) is 1.95. The van der Waals surface area contributed by atoms with Crippen molar-refractivity contribution in [3.05, 3.63) is 59.7 Å². The van der Waals surface area contributed by atoms with Crippen molar-refractivity contribution in [1.82, 2.24) is 4.31 Å². The summed E-state index contributed by atoms with van der Waals surface area (Å²) in [4.78, 5) is 0.212. The first-order valence-corrected chi connectivity index (χ1v) is 8.01. The number of hydrogen-bond donors (Lipinski definition) is 0. The van der Waals surface area contributed by atoms with E-state index in [0.717, 1.165) is 5.56 Å². The highest BCUT2D eigenvalue weighted by Gasteiger charge is 2.20. The quantitative estimate of drug-likeness (QED) is 0.849. The first kappa shape index (κ1) is 16.0. The van der Waals surface area contributed by atoms with Gasteiger partial charge in [0.15, 0.2) is 0 Å². The number of benzene rings is 2. The molecule has 0 atom stereocenters.